The van der Waals surface area contributed by atoms with Crippen LogP contribution in [0.15, 0.2) is 0 Å². The molecule has 2 aliphatic heterocycles. The second kappa shape index (κ2) is 5.80. The monoisotopic (exact) mass is 266 g/mol. The Hall–Kier alpha value is -0.610. The maximum atomic E-state index is 12.0. The van der Waals surface area contributed by atoms with Crippen LogP contribution in [0.1, 0.15) is 51.4 Å². The predicted molar refractivity (Wildman–Crippen MR) is 74.0 cm³/mol. The second-order valence-corrected chi connectivity index (χ2v) is 6.40. The molecule has 0 aromatic rings. The van der Waals surface area contributed by atoms with E-state index in [9.17, 15) is 4.79 Å². The lowest BCUT2D eigenvalue weighted by Crippen LogP contribution is -2.48. The van der Waals surface area contributed by atoms with Crippen LogP contribution in [0.3, 0.4) is 0 Å². The molecule has 1 saturated carbocycles. The molecule has 1 unspecified atom stereocenters. The number of rotatable bonds is 3. The minimum absolute atomic E-state index is 0.145. The summed E-state index contributed by atoms with van der Waals surface area (Å²) >= 11 is 0. The van der Waals surface area contributed by atoms with E-state index in [1.54, 1.807) is 0 Å². The lowest BCUT2D eigenvalue weighted by Gasteiger charge is -2.38. The molecule has 3 aliphatic rings. The number of amides is 1. The number of hydrogen-bond acceptors (Lipinski definition) is 3. The first kappa shape index (κ1) is 13.4. The smallest absolute Gasteiger partial charge is 0.236 e. The van der Waals surface area contributed by atoms with E-state index in [0.717, 1.165) is 32.5 Å². The van der Waals surface area contributed by atoms with E-state index in [0.29, 0.717) is 12.6 Å². The molecule has 0 radical (unpaired) electrons. The fraction of sp³-hybridized carbons (Fsp3) is 0.933. The lowest BCUT2D eigenvalue weighted by molar-refractivity contribution is -0.130. The van der Waals surface area contributed by atoms with Crippen LogP contribution in [0.5, 0.6) is 0 Å². The molecule has 2 heterocycles. The van der Waals surface area contributed by atoms with E-state index in [4.69, 9.17) is 4.74 Å². The van der Waals surface area contributed by atoms with Crippen molar-refractivity contribution in [2.24, 2.45) is 0 Å². The van der Waals surface area contributed by atoms with Gasteiger partial charge in [0.05, 0.1) is 12.1 Å². The molecule has 4 heteroatoms. The highest BCUT2D eigenvalue weighted by Crippen LogP contribution is 2.39. The fourth-order valence-corrected chi connectivity index (χ4v) is 3.88. The topological polar surface area (TPSA) is 41.6 Å². The Morgan fingerprint density at radius 3 is 2.68 bits per heavy atom. The van der Waals surface area contributed by atoms with Crippen LogP contribution in [0.25, 0.3) is 0 Å². The van der Waals surface area contributed by atoms with E-state index < -0.39 is 0 Å². The van der Waals surface area contributed by atoms with Crippen molar-refractivity contribution in [2.45, 2.75) is 63.0 Å². The number of ether oxygens (including phenoxy) is 1. The predicted octanol–water partition coefficient (Wildman–Crippen LogP) is 1.69. The van der Waals surface area contributed by atoms with Gasteiger partial charge in [0.1, 0.15) is 0 Å². The van der Waals surface area contributed by atoms with E-state index in [1.165, 1.54) is 38.5 Å². The van der Waals surface area contributed by atoms with Gasteiger partial charge < -0.3 is 15.0 Å². The molecular formula is C15H26N2O2. The molecule has 1 N–H and O–H groups in total. The molecule has 4 nitrogen and oxygen atoms in total. The van der Waals surface area contributed by atoms with Gasteiger partial charge in [0.15, 0.2) is 0 Å². The van der Waals surface area contributed by atoms with Crippen LogP contribution < -0.4 is 5.32 Å². The average molecular weight is 266 g/mol. The van der Waals surface area contributed by atoms with Crippen LogP contribution in [0.4, 0.5) is 0 Å². The maximum absolute atomic E-state index is 12.0. The molecular weight excluding hydrogens is 240 g/mol. The summed E-state index contributed by atoms with van der Waals surface area (Å²) in [6.07, 6.45) is 9.53. The van der Waals surface area contributed by atoms with Crippen molar-refractivity contribution in [1.82, 2.24) is 10.2 Å². The van der Waals surface area contributed by atoms with Crippen molar-refractivity contribution < 1.29 is 9.53 Å². The average Bonchev–Trinajstić information content (AvgIpc) is 3.08. The summed E-state index contributed by atoms with van der Waals surface area (Å²) in [5.74, 6) is 0.282. The number of carbonyl (C=O) groups is 1. The second-order valence-electron chi connectivity index (χ2n) is 6.40. The standard InChI is InChI=1S/C15H26N2O2/c18-14(17-8-3-4-9-17)12-16-13-5-10-19-15(11-13)6-1-2-7-15/h13,16H,1-12H2. The minimum Gasteiger partial charge on any atom is -0.375 e. The number of nitrogens with zero attached hydrogens (tertiary/aromatic N) is 1. The first-order chi connectivity index (χ1) is 9.27. The van der Waals surface area contributed by atoms with Crippen LogP contribution in [0, 0.1) is 0 Å². The molecule has 108 valence electrons. The molecule has 1 atom stereocenters. The zero-order chi connectivity index (χ0) is 13.1. The van der Waals surface area contributed by atoms with Gasteiger partial charge in [-0.25, -0.2) is 0 Å². The summed E-state index contributed by atoms with van der Waals surface area (Å²) in [6, 6.07) is 0.471. The van der Waals surface area contributed by atoms with Crippen molar-refractivity contribution in [3.63, 3.8) is 0 Å². The SMILES string of the molecule is O=C(CNC1CCOC2(CCCC2)C1)N1CCCC1. The quantitative estimate of drug-likeness (QED) is 0.845. The normalized spacial score (nSPS) is 30.1. The number of likely N-dealkylation sites (tertiary alicyclic amines) is 1. The maximum Gasteiger partial charge on any atom is 0.236 e. The third-order valence-corrected chi connectivity index (χ3v) is 5.01. The molecule has 3 fully saturated rings. The third-order valence-electron chi connectivity index (χ3n) is 5.01. The minimum atomic E-state index is 0.145. The molecule has 3 rings (SSSR count). The zero-order valence-corrected chi connectivity index (χ0v) is 11.8. The van der Waals surface area contributed by atoms with Crippen LogP contribution in [-0.2, 0) is 9.53 Å². The van der Waals surface area contributed by atoms with Crippen molar-refractivity contribution >= 4 is 5.91 Å². The highest BCUT2D eigenvalue weighted by Gasteiger charge is 2.39. The van der Waals surface area contributed by atoms with Gasteiger partial charge in [-0.2, -0.15) is 0 Å². The van der Waals surface area contributed by atoms with Gasteiger partial charge in [-0.15, -0.1) is 0 Å². The van der Waals surface area contributed by atoms with Gasteiger partial charge in [-0.05, 0) is 38.5 Å². The first-order valence-electron chi connectivity index (χ1n) is 7.93. The van der Waals surface area contributed by atoms with Crippen LogP contribution >= 0.6 is 0 Å². The van der Waals surface area contributed by atoms with Gasteiger partial charge in [0.2, 0.25) is 5.91 Å². The molecule has 1 amide bonds. The van der Waals surface area contributed by atoms with Gasteiger partial charge in [-0.1, -0.05) is 12.8 Å². The van der Waals surface area contributed by atoms with Crippen LogP contribution in [-0.4, -0.2) is 48.7 Å². The van der Waals surface area contributed by atoms with E-state index >= 15 is 0 Å². The third kappa shape index (κ3) is 3.11. The molecule has 19 heavy (non-hydrogen) atoms. The molecule has 1 aliphatic carbocycles. The van der Waals surface area contributed by atoms with Gasteiger partial charge in [0, 0.05) is 25.7 Å². The van der Waals surface area contributed by atoms with Crippen molar-refractivity contribution in [3.8, 4) is 0 Å². The Morgan fingerprint density at radius 1 is 1.21 bits per heavy atom. The summed E-state index contributed by atoms with van der Waals surface area (Å²) in [4.78, 5) is 14.0. The lowest BCUT2D eigenvalue weighted by atomic mass is 9.89. The van der Waals surface area contributed by atoms with Crippen molar-refractivity contribution in [2.75, 3.05) is 26.2 Å². The Balaban J connectivity index is 1.45. The number of hydrogen-bond donors (Lipinski definition) is 1. The van der Waals surface area contributed by atoms with Crippen molar-refractivity contribution in [1.29, 1.82) is 0 Å². The highest BCUT2D eigenvalue weighted by molar-refractivity contribution is 5.78. The van der Waals surface area contributed by atoms with Crippen LogP contribution in [0.2, 0.25) is 0 Å². The van der Waals surface area contributed by atoms with E-state index in [2.05, 4.69) is 5.32 Å². The largest absolute Gasteiger partial charge is 0.375 e. The first-order valence-corrected chi connectivity index (χ1v) is 7.93. The summed E-state index contributed by atoms with van der Waals surface area (Å²) in [5.41, 5.74) is 0.145. The zero-order valence-electron chi connectivity index (χ0n) is 11.8. The summed E-state index contributed by atoms with van der Waals surface area (Å²) in [7, 11) is 0. The Kier molecular flexibility index (Phi) is 4.08. The molecule has 0 aromatic heterocycles. The van der Waals surface area contributed by atoms with E-state index in [-0.39, 0.29) is 11.5 Å². The fourth-order valence-electron chi connectivity index (χ4n) is 3.88. The van der Waals surface area contributed by atoms with Gasteiger partial charge in [-0.3, -0.25) is 4.79 Å². The number of carbonyl (C=O) groups excluding carboxylic acids is 1. The molecule has 0 aromatic carbocycles. The molecule has 1 spiro atoms. The summed E-state index contributed by atoms with van der Waals surface area (Å²) in [5, 5.41) is 3.48. The molecule has 2 saturated heterocycles. The number of nitrogens with one attached hydrogen (secondary N) is 1. The van der Waals surface area contributed by atoms with E-state index in [1.807, 2.05) is 4.90 Å². The summed E-state index contributed by atoms with van der Waals surface area (Å²) < 4.78 is 6.03. The summed E-state index contributed by atoms with van der Waals surface area (Å²) in [6.45, 7) is 3.28. The Labute approximate surface area is 115 Å². The van der Waals surface area contributed by atoms with Crippen molar-refractivity contribution in [3.05, 3.63) is 0 Å². The molecule has 0 bridgehead atoms. The highest BCUT2D eigenvalue weighted by atomic mass is 16.5. The van der Waals surface area contributed by atoms with Gasteiger partial charge in [0.25, 0.3) is 0 Å². The Morgan fingerprint density at radius 2 is 1.95 bits per heavy atom. The van der Waals surface area contributed by atoms with Gasteiger partial charge >= 0.3 is 0 Å². The Bertz CT molecular complexity index is 320.